The molecule has 18 heavy (non-hydrogen) atoms. The number of benzene rings is 1. The van der Waals surface area contributed by atoms with Gasteiger partial charge in [-0.15, -0.1) is 0 Å². The average molecular weight is 244 g/mol. The highest BCUT2D eigenvalue weighted by Crippen LogP contribution is 2.16. The van der Waals surface area contributed by atoms with Crippen molar-refractivity contribution >= 4 is 0 Å². The van der Waals surface area contributed by atoms with Crippen molar-refractivity contribution in [2.45, 2.75) is 32.7 Å². The molecule has 1 atom stereocenters. The van der Waals surface area contributed by atoms with Crippen LogP contribution in [0, 0.1) is 5.92 Å². The van der Waals surface area contributed by atoms with Crippen molar-refractivity contribution in [3.8, 4) is 0 Å². The molecule has 1 saturated heterocycles. The highest BCUT2D eigenvalue weighted by atomic mass is 14.9. The Labute approximate surface area is 110 Å². The second-order valence-corrected chi connectivity index (χ2v) is 5.10. The van der Waals surface area contributed by atoms with Gasteiger partial charge >= 0.3 is 0 Å². The third-order valence-corrected chi connectivity index (χ3v) is 3.71. The number of hydrogen-bond acceptors (Lipinski definition) is 2. The quantitative estimate of drug-likeness (QED) is 0.832. The molecule has 0 radical (unpaired) electrons. The van der Waals surface area contributed by atoms with Crippen molar-refractivity contribution in [3.63, 3.8) is 0 Å². The molecule has 0 bridgehead atoms. The number of aryl methyl sites for hydroxylation is 1. The van der Waals surface area contributed by atoms with E-state index in [1.165, 1.54) is 29.7 Å². The molecule has 2 heteroatoms. The average Bonchev–Trinajstić information content (AvgIpc) is 2.46. The largest absolute Gasteiger partial charge is 0.384 e. The summed E-state index contributed by atoms with van der Waals surface area (Å²) in [6.45, 7) is 9.50. The number of nitrogens with one attached hydrogen (secondary N) is 2. The standard InChI is InChI=1S/C16H24N2/c1-3-14-6-4-7-15(10-14)11-18-13(2)16-8-5-9-17-12-16/h4,6-7,10,16-18H,2-3,5,8-9,11-12H2,1H3. The van der Waals surface area contributed by atoms with E-state index in [4.69, 9.17) is 0 Å². The topological polar surface area (TPSA) is 24.1 Å². The maximum Gasteiger partial charge on any atom is 0.0397 e. The zero-order valence-electron chi connectivity index (χ0n) is 11.3. The molecule has 2 rings (SSSR count). The minimum Gasteiger partial charge on any atom is -0.384 e. The molecule has 2 nitrogen and oxygen atoms in total. The zero-order chi connectivity index (χ0) is 12.8. The minimum absolute atomic E-state index is 0.591. The van der Waals surface area contributed by atoms with Gasteiger partial charge < -0.3 is 10.6 Å². The number of rotatable bonds is 5. The van der Waals surface area contributed by atoms with Crippen LogP contribution in [0.15, 0.2) is 36.5 Å². The Balaban J connectivity index is 1.84. The fourth-order valence-electron chi connectivity index (χ4n) is 2.47. The fraction of sp³-hybridized carbons (Fsp3) is 0.500. The van der Waals surface area contributed by atoms with Crippen LogP contribution in [0.3, 0.4) is 0 Å². The molecule has 1 aromatic carbocycles. The fourth-order valence-corrected chi connectivity index (χ4v) is 2.47. The van der Waals surface area contributed by atoms with Gasteiger partial charge in [0.05, 0.1) is 0 Å². The highest BCUT2D eigenvalue weighted by Gasteiger charge is 2.15. The Morgan fingerprint density at radius 2 is 2.28 bits per heavy atom. The molecule has 98 valence electrons. The van der Waals surface area contributed by atoms with Crippen molar-refractivity contribution in [2.75, 3.05) is 13.1 Å². The highest BCUT2D eigenvalue weighted by molar-refractivity contribution is 5.23. The van der Waals surface area contributed by atoms with Gasteiger partial charge in [0.25, 0.3) is 0 Å². The summed E-state index contributed by atoms with van der Waals surface area (Å²) in [5, 5.41) is 6.92. The summed E-state index contributed by atoms with van der Waals surface area (Å²) >= 11 is 0. The first-order chi connectivity index (χ1) is 8.79. The van der Waals surface area contributed by atoms with Crippen LogP contribution in [0.4, 0.5) is 0 Å². The lowest BCUT2D eigenvalue weighted by Gasteiger charge is -2.25. The summed E-state index contributed by atoms with van der Waals surface area (Å²) in [6.07, 6.45) is 3.62. The van der Waals surface area contributed by atoms with Crippen LogP contribution in [0.5, 0.6) is 0 Å². The molecule has 0 spiro atoms. The van der Waals surface area contributed by atoms with Gasteiger partial charge in [0.15, 0.2) is 0 Å². The van der Waals surface area contributed by atoms with Crippen LogP contribution < -0.4 is 10.6 Å². The SMILES string of the molecule is C=C(NCc1cccc(CC)c1)C1CCCNC1. The summed E-state index contributed by atoms with van der Waals surface area (Å²) in [5.74, 6) is 0.591. The van der Waals surface area contributed by atoms with E-state index in [9.17, 15) is 0 Å². The van der Waals surface area contributed by atoms with E-state index < -0.39 is 0 Å². The van der Waals surface area contributed by atoms with Crippen molar-refractivity contribution in [3.05, 3.63) is 47.7 Å². The normalized spacial score (nSPS) is 19.5. The van der Waals surface area contributed by atoms with Crippen molar-refractivity contribution < 1.29 is 0 Å². The Hall–Kier alpha value is -1.28. The van der Waals surface area contributed by atoms with Gasteiger partial charge in [-0.3, -0.25) is 0 Å². The van der Waals surface area contributed by atoms with Gasteiger partial charge in [-0.1, -0.05) is 37.8 Å². The summed E-state index contributed by atoms with van der Waals surface area (Å²) in [7, 11) is 0. The molecule has 1 aromatic rings. The monoisotopic (exact) mass is 244 g/mol. The van der Waals surface area contributed by atoms with Gasteiger partial charge in [0.2, 0.25) is 0 Å². The zero-order valence-corrected chi connectivity index (χ0v) is 11.3. The van der Waals surface area contributed by atoms with Gasteiger partial charge in [-0.25, -0.2) is 0 Å². The second kappa shape index (κ2) is 6.60. The molecular formula is C16H24N2. The predicted octanol–water partition coefficient (Wildman–Crippen LogP) is 2.85. The summed E-state index contributed by atoms with van der Waals surface area (Å²) in [5.41, 5.74) is 3.93. The maximum atomic E-state index is 4.18. The van der Waals surface area contributed by atoms with E-state index in [1.54, 1.807) is 0 Å². The first-order valence-electron chi connectivity index (χ1n) is 7.00. The van der Waals surface area contributed by atoms with Gasteiger partial charge in [-0.2, -0.15) is 0 Å². The lowest BCUT2D eigenvalue weighted by molar-refractivity contribution is 0.405. The van der Waals surface area contributed by atoms with E-state index in [-0.39, 0.29) is 0 Å². The lowest BCUT2D eigenvalue weighted by atomic mass is 9.96. The van der Waals surface area contributed by atoms with Crippen LogP contribution in [-0.4, -0.2) is 13.1 Å². The Bertz CT molecular complexity index is 392. The Morgan fingerprint density at radius 1 is 1.44 bits per heavy atom. The minimum atomic E-state index is 0.591. The van der Waals surface area contributed by atoms with Crippen molar-refractivity contribution in [1.29, 1.82) is 0 Å². The molecule has 1 unspecified atom stereocenters. The molecule has 2 N–H and O–H groups in total. The van der Waals surface area contributed by atoms with Gasteiger partial charge in [0, 0.05) is 24.7 Å². The van der Waals surface area contributed by atoms with Crippen LogP contribution in [0.2, 0.25) is 0 Å². The first kappa shape index (κ1) is 13.2. The van der Waals surface area contributed by atoms with E-state index in [2.05, 4.69) is 48.4 Å². The lowest BCUT2D eigenvalue weighted by Crippen LogP contribution is -2.34. The third-order valence-electron chi connectivity index (χ3n) is 3.71. The van der Waals surface area contributed by atoms with Crippen molar-refractivity contribution in [2.24, 2.45) is 5.92 Å². The summed E-state index contributed by atoms with van der Waals surface area (Å²) < 4.78 is 0. The smallest absolute Gasteiger partial charge is 0.0397 e. The van der Waals surface area contributed by atoms with Crippen LogP contribution in [0.1, 0.15) is 30.9 Å². The van der Waals surface area contributed by atoms with E-state index >= 15 is 0 Å². The molecule has 1 fully saturated rings. The van der Waals surface area contributed by atoms with Gasteiger partial charge in [-0.05, 0) is 36.9 Å². The van der Waals surface area contributed by atoms with Crippen LogP contribution >= 0.6 is 0 Å². The number of hydrogen-bond donors (Lipinski definition) is 2. The van der Waals surface area contributed by atoms with Gasteiger partial charge in [0.1, 0.15) is 0 Å². The first-order valence-corrected chi connectivity index (χ1v) is 7.00. The molecule has 0 amide bonds. The van der Waals surface area contributed by atoms with Crippen LogP contribution in [-0.2, 0) is 13.0 Å². The molecule has 1 aliphatic rings. The molecule has 0 saturated carbocycles. The van der Waals surface area contributed by atoms with E-state index in [0.29, 0.717) is 5.92 Å². The van der Waals surface area contributed by atoms with E-state index in [0.717, 1.165) is 26.1 Å². The summed E-state index contributed by atoms with van der Waals surface area (Å²) in [4.78, 5) is 0. The molecular weight excluding hydrogens is 220 g/mol. The third kappa shape index (κ3) is 3.61. The molecule has 0 aromatic heterocycles. The van der Waals surface area contributed by atoms with Crippen LogP contribution in [0.25, 0.3) is 0 Å². The second-order valence-electron chi connectivity index (χ2n) is 5.10. The van der Waals surface area contributed by atoms with E-state index in [1.807, 2.05) is 0 Å². The van der Waals surface area contributed by atoms with Crippen molar-refractivity contribution in [1.82, 2.24) is 10.6 Å². The molecule has 1 aliphatic heterocycles. The predicted molar refractivity (Wildman–Crippen MR) is 77.4 cm³/mol. The molecule has 1 heterocycles. The molecule has 0 aliphatic carbocycles. The number of piperidine rings is 1. The Morgan fingerprint density at radius 3 is 3.00 bits per heavy atom. The summed E-state index contributed by atoms with van der Waals surface area (Å²) in [6, 6.07) is 8.78. The Kier molecular flexibility index (Phi) is 4.82. The maximum absolute atomic E-state index is 4.18.